The first kappa shape index (κ1) is 21.8. The number of nitrogens with zero attached hydrogens (tertiary/aromatic N) is 3. The summed E-state index contributed by atoms with van der Waals surface area (Å²) in [7, 11) is 0. The SMILES string of the molecule is c1ccc(-n2c3ccccc3c3c4c5c(c6nc7ccccc7n6c4ccc32)CCc2c-5sc3ccccc23)cc1. The highest BCUT2D eigenvalue weighted by molar-refractivity contribution is 7.22. The molecule has 4 heteroatoms. The average molecular weight is 542 g/mol. The molecule has 4 aromatic heterocycles. The van der Waals surface area contributed by atoms with Crippen LogP contribution in [0.15, 0.2) is 115 Å². The van der Waals surface area contributed by atoms with Gasteiger partial charge in [0.1, 0.15) is 5.65 Å². The molecule has 0 fully saturated rings. The Morgan fingerprint density at radius 2 is 1.27 bits per heavy atom. The minimum absolute atomic E-state index is 0.986. The van der Waals surface area contributed by atoms with E-state index in [0.29, 0.717) is 0 Å². The third kappa shape index (κ3) is 2.75. The molecule has 41 heavy (non-hydrogen) atoms. The number of para-hydroxylation sites is 4. The van der Waals surface area contributed by atoms with Gasteiger partial charge in [0, 0.05) is 42.6 Å². The first-order valence-corrected chi connectivity index (χ1v) is 15.0. The number of hydrogen-bond acceptors (Lipinski definition) is 2. The van der Waals surface area contributed by atoms with Gasteiger partial charge in [-0.05, 0) is 72.3 Å². The van der Waals surface area contributed by atoms with Crippen molar-refractivity contribution < 1.29 is 0 Å². The van der Waals surface area contributed by atoms with Gasteiger partial charge in [-0.3, -0.25) is 4.40 Å². The molecule has 0 N–H and O–H groups in total. The Labute approximate surface area is 239 Å². The molecule has 4 heterocycles. The first-order chi connectivity index (χ1) is 20.4. The monoisotopic (exact) mass is 541 g/mol. The van der Waals surface area contributed by atoms with Crippen LogP contribution < -0.4 is 0 Å². The van der Waals surface area contributed by atoms with Gasteiger partial charge >= 0.3 is 0 Å². The number of imidazole rings is 1. The average Bonchev–Trinajstić information content (AvgIpc) is 3.71. The number of aromatic nitrogens is 3. The minimum Gasteiger partial charge on any atom is -0.309 e. The standard InChI is InChI=1S/C37H23N3S/c1-2-10-22(11-3-1)39-28-15-7-4-13-25(28)33-30(39)20-21-31-35(33)34-26(37-38-27-14-6-8-16-29(27)40(31)37)19-18-24-23-12-5-9-17-32(23)41-36(24)34/h1-17,20-21H,18-19H2. The van der Waals surface area contributed by atoms with Crippen LogP contribution in [0.25, 0.3) is 75.6 Å². The van der Waals surface area contributed by atoms with Crippen molar-refractivity contribution in [3.63, 3.8) is 0 Å². The van der Waals surface area contributed by atoms with E-state index in [1.165, 1.54) is 75.6 Å². The predicted octanol–water partition coefficient (Wildman–Crippen LogP) is 9.72. The van der Waals surface area contributed by atoms with Crippen LogP contribution in [0.1, 0.15) is 11.1 Å². The molecule has 192 valence electrons. The maximum atomic E-state index is 5.26. The smallest absolute Gasteiger partial charge is 0.142 e. The molecule has 0 unspecified atom stereocenters. The van der Waals surface area contributed by atoms with Crippen molar-refractivity contribution in [3.05, 3.63) is 126 Å². The Morgan fingerprint density at radius 1 is 0.561 bits per heavy atom. The first-order valence-electron chi connectivity index (χ1n) is 14.2. The molecule has 0 saturated heterocycles. The van der Waals surface area contributed by atoms with Crippen LogP contribution >= 0.6 is 11.3 Å². The molecule has 5 aromatic carbocycles. The van der Waals surface area contributed by atoms with E-state index in [9.17, 15) is 0 Å². The van der Waals surface area contributed by atoms with Gasteiger partial charge in [0.25, 0.3) is 0 Å². The highest BCUT2D eigenvalue weighted by Crippen LogP contribution is 2.51. The lowest BCUT2D eigenvalue weighted by Gasteiger charge is -2.21. The Morgan fingerprint density at radius 3 is 2.17 bits per heavy atom. The zero-order chi connectivity index (χ0) is 26.7. The Bertz CT molecular complexity index is 2530. The van der Waals surface area contributed by atoms with Gasteiger partial charge in [-0.25, -0.2) is 4.98 Å². The number of aryl methyl sites for hydroxylation is 2. The van der Waals surface area contributed by atoms with Crippen molar-refractivity contribution in [2.45, 2.75) is 12.8 Å². The lowest BCUT2D eigenvalue weighted by atomic mass is 9.87. The zero-order valence-corrected chi connectivity index (χ0v) is 23.0. The second-order valence-corrected chi connectivity index (χ2v) is 12.1. The number of pyridine rings is 1. The van der Waals surface area contributed by atoms with Gasteiger partial charge in [0.2, 0.25) is 0 Å². The fourth-order valence-corrected chi connectivity index (χ4v) is 8.70. The highest BCUT2D eigenvalue weighted by atomic mass is 32.1. The molecular weight excluding hydrogens is 518 g/mol. The van der Waals surface area contributed by atoms with Gasteiger partial charge in [0.15, 0.2) is 0 Å². The van der Waals surface area contributed by atoms with Crippen molar-refractivity contribution in [2.75, 3.05) is 0 Å². The third-order valence-corrected chi connectivity index (χ3v) is 10.2. The molecule has 0 amide bonds. The van der Waals surface area contributed by atoms with Gasteiger partial charge in [-0.15, -0.1) is 11.3 Å². The number of hydrogen-bond donors (Lipinski definition) is 0. The minimum atomic E-state index is 0.986. The normalized spacial score (nSPS) is 13.2. The van der Waals surface area contributed by atoms with Crippen LogP contribution in [0.5, 0.6) is 0 Å². The highest BCUT2D eigenvalue weighted by Gasteiger charge is 2.29. The quantitative estimate of drug-likeness (QED) is 0.203. The molecule has 0 aliphatic heterocycles. The van der Waals surface area contributed by atoms with Crippen molar-refractivity contribution in [3.8, 4) is 16.1 Å². The molecule has 1 aliphatic carbocycles. The van der Waals surface area contributed by atoms with Crippen molar-refractivity contribution in [2.24, 2.45) is 0 Å². The van der Waals surface area contributed by atoms with Gasteiger partial charge in [0.05, 0.1) is 27.6 Å². The summed E-state index contributed by atoms with van der Waals surface area (Å²) < 4.78 is 6.22. The molecule has 3 nitrogen and oxygen atoms in total. The summed E-state index contributed by atoms with van der Waals surface area (Å²) in [5.41, 5.74) is 12.4. The molecule has 10 rings (SSSR count). The van der Waals surface area contributed by atoms with Crippen LogP contribution in [-0.4, -0.2) is 14.0 Å². The molecule has 0 bridgehead atoms. The summed E-state index contributed by atoms with van der Waals surface area (Å²) in [5.74, 6) is 0. The molecule has 1 aliphatic rings. The Kier molecular flexibility index (Phi) is 4.17. The van der Waals surface area contributed by atoms with Gasteiger partial charge in [-0.2, -0.15) is 0 Å². The number of benzene rings is 5. The predicted molar refractivity (Wildman–Crippen MR) is 173 cm³/mol. The van der Waals surface area contributed by atoms with Crippen LogP contribution in [0, 0.1) is 0 Å². The summed E-state index contributed by atoms with van der Waals surface area (Å²) in [6, 6.07) is 41.8. The summed E-state index contributed by atoms with van der Waals surface area (Å²) in [4.78, 5) is 6.68. The molecule has 9 aromatic rings. The fraction of sp³-hybridized carbons (Fsp3) is 0.0541. The second kappa shape index (κ2) is 7.84. The number of fused-ring (bicyclic) bond motifs is 16. The lowest BCUT2D eigenvalue weighted by molar-refractivity contribution is 0.957. The van der Waals surface area contributed by atoms with Crippen molar-refractivity contribution >= 4 is 70.8 Å². The summed E-state index contributed by atoms with van der Waals surface area (Å²) in [6.07, 6.45) is 2.03. The van der Waals surface area contributed by atoms with E-state index in [1.54, 1.807) is 0 Å². The summed E-state index contributed by atoms with van der Waals surface area (Å²) in [6.45, 7) is 0. The summed E-state index contributed by atoms with van der Waals surface area (Å²) >= 11 is 1.95. The maximum Gasteiger partial charge on any atom is 0.142 e. The van der Waals surface area contributed by atoms with E-state index >= 15 is 0 Å². The number of rotatable bonds is 1. The lowest BCUT2D eigenvalue weighted by Crippen LogP contribution is -2.07. The van der Waals surface area contributed by atoms with E-state index < -0.39 is 0 Å². The molecule has 0 atom stereocenters. The fourth-order valence-electron chi connectivity index (χ4n) is 7.37. The molecule has 0 saturated carbocycles. The largest absolute Gasteiger partial charge is 0.309 e. The Hall–Kier alpha value is -4.93. The van der Waals surface area contributed by atoms with E-state index in [2.05, 4.69) is 124 Å². The van der Waals surface area contributed by atoms with Crippen LogP contribution in [0.3, 0.4) is 0 Å². The van der Waals surface area contributed by atoms with Crippen molar-refractivity contribution in [1.29, 1.82) is 0 Å². The molecule has 0 spiro atoms. The van der Waals surface area contributed by atoms with Crippen LogP contribution in [0.4, 0.5) is 0 Å². The second-order valence-electron chi connectivity index (χ2n) is 11.1. The van der Waals surface area contributed by atoms with E-state index in [0.717, 1.165) is 24.0 Å². The van der Waals surface area contributed by atoms with Crippen molar-refractivity contribution in [1.82, 2.24) is 14.0 Å². The van der Waals surface area contributed by atoms with Gasteiger partial charge in [-0.1, -0.05) is 66.7 Å². The van der Waals surface area contributed by atoms with Crippen LogP contribution in [-0.2, 0) is 12.8 Å². The molecular formula is C37H23N3S. The molecule has 0 radical (unpaired) electrons. The summed E-state index contributed by atoms with van der Waals surface area (Å²) in [5, 5.41) is 5.35. The maximum absolute atomic E-state index is 5.26. The topological polar surface area (TPSA) is 22.2 Å². The zero-order valence-electron chi connectivity index (χ0n) is 22.1. The van der Waals surface area contributed by atoms with E-state index in [4.69, 9.17) is 4.98 Å². The van der Waals surface area contributed by atoms with Crippen LogP contribution in [0.2, 0.25) is 0 Å². The van der Waals surface area contributed by atoms with E-state index in [-0.39, 0.29) is 0 Å². The van der Waals surface area contributed by atoms with Gasteiger partial charge < -0.3 is 4.57 Å². The van der Waals surface area contributed by atoms with E-state index in [1.807, 2.05) is 11.3 Å². The third-order valence-electron chi connectivity index (χ3n) is 9.00. The Balaban J connectivity index is 1.51. The number of thiophene rings is 1.